The standard InChI is InChI=1S/C32H44FN5O7/c1-8-37(9-2)14-12-34-28(39)27-20(3)25(36-21(27)4)19-24-23-18-22(33)10-11-26(23)38(29(24)40)31(42)44-17-16-43-15-13-35-30(41)45-32(5,6)7/h10-11,18-19,36H,8-9,12-17H2,1-7H3,(H,34,39)(H,35,41)/b24-19-. The third-order valence-corrected chi connectivity index (χ3v) is 7.07. The molecule has 2 heterocycles. The number of nitrogens with zero attached hydrogens (tertiary/aromatic N) is 2. The van der Waals surface area contributed by atoms with Gasteiger partial charge in [0.15, 0.2) is 0 Å². The number of aromatic amines is 1. The molecule has 0 spiro atoms. The number of likely N-dealkylation sites (N-methyl/N-ethyl adjacent to an activating group) is 1. The summed E-state index contributed by atoms with van der Waals surface area (Å²) < 4.78 is 30.1. The zero-order chi connectivity index (χ0) is 33.3. The third kappa shape index (κ3) is 9.38. The average molecular weight is 630 g/mol. The zero-order valence-electron chi connectivity index (χ0n) is 27.1. The monoisotopic (exact) mass is 629 g/mol. The van der Waals surface area contributed by atoms with Crippen LogP contribution in [0.1, 0.15) is 67.5 Å². The predicted octanol–water partition coefficient (Wildman–Crippen LogP) is 4.41. The molecule has 0 saturated carbocycles. The number of aromatic nitrogens is 1. The first-order valence-corrected chi connectivity index (χ1v) is 15.0. The highest BCUT2D eigenvalue weighted by atomic mass is 19.1. The number of imide groups is 1. The molecule has 12 nitrogen and oxygen atoms in total. The van der Waals surface area contributed by atoms with E-state index in [0.29, 0.717) is 29.1 Å². The zero-order valence-corrected chi connectivity index (χ0v) is 27.1. The number of rotatable bonds is 13. The number of hydrogen-bond donors (Lipinski definition) is 3. The molecule has 0 atom stereocenters. The van der Waals surface area contributed by atoms with Crippen LogP contribution < -0.4 is 15.5 Å². The molecular weight excluding hydrogens is 585 g/mol. The van der Waals surface area contributed by atoms with E-state index in [2.05, 4.69) is 34.4 Å². The van der Waals surface area contributed by atoms with E-state index in [9.17, 15) is 23.6 Å². The SMILES string of the molecule is CCN(CC)CCNC(=O)c1c(C)[nH]c(/C=C2\C(=O)N(C(=O)OCCOCCNC(=O)OC(C)(C)C)c3ccc(F)cc32)c1C. The Bertz CT molecular complexity index is 1430. The molecule has 0 saturated heterocycles. The smallest absolute Gasteiger partial charge is 0.421 e. The lowest BCUT2D eigenvalue weighted by molar-refractivity contribution is -0.112. The van der Waals surface area contributed by atoms with Gasteiger partial charge in [0.2, 0.25) is 0 Å². The molecule has 0 radical (unpaired) electrons. The van der Waals surface area contributed by atoms with Crippen LogP contribution in [-0.2, 0) is 19.0 Å². The van der Waals surface area contributed by atoms with Gasteiger partial charge in [-0.1, -0.05) is 13.8 Å². The van der Waals surface area contributed by atoms with E-state index in [4.69, 9.17) is 14.2 Å². The van der Waals surface area contributed by atoms with Gasteiger partial charge in [0, 0.05) is 36.6 Å². The van der Waals surface area contributed by atoms with Crippen LogP contribution in [0.2, 0.25) is 0 Å². The van der Waals surface area contributed by atoms with Crippen LogP contribution in [0.4, 0.5) is 19.7 Å². The number of fused-ring (bicyclic) bond motifs is 1. The number of carbonyl (C=O) groups excluding carboxylic acids is 4. The van der Waals surface area contributed by atoms with E-state index in [0.717, 1.165) is 30.6 Å². The fourth-order valence-corrected chi connectivity index (χ4v) is 4.84. The molecule has 246 valence electrons. The van der Waals surface area contributed by atoms with Crippen molar-refractivity contribution in [1.29, 1.82) is 0 Å². The first-order chi connectivity index (χ1) is 21.3. The van der Waals surface area contributed by atoms with Crippen molar-refractivity contribution in [3.63, 3.8) is 0 Å². The predicted molar refractivity (Wildman–Crippen MR) is 169 cm³/mol. The maximum Gasteiger partial charge on any atom is 0.421 e. The van der Waals surface area contributed by atoms with Crippen molar-refractivity contribution in [2.75, 3.05) is 57.4 Å². The summed E-state index contributed by atoms with van der Waals surface area (Å²) in [6.45, 7) is 16.1. The molecule has 1 aliphatic heterocycles. The highest BCUT2D eigenvalue weighted by Crippen LogP contribution is 2.39. The van der Waals surface area contributed by atoms with Crippen LogP contribution in [0.15, 0.2) is 18.2 Å². The number of carbonyl (C=O) groups is 4. The Labute approximate surface area is 263 Å². The maximum absolute atomic E-state index is 14.3. The number of nitrogens with one attached hydrogen (secondary N) is 3. The number of hydrogen-bond acceptors (Lipinski definition) is 8. The van der Waals surface area contributed by atoms with Crippen molar-refractivity contribution in [2.24, 2.45) is 0 Å². The van der Waals surface area contributed by atoms with Gasteiger partial charge in [-0.2, -0.15) is 0 Å². The minimum atomic E-state index is -0.945. The lowest BCUT2D eigenvalue weighted by atomic mass is 10.0. The second-order valence-corrected chi connectivity index (χ2v) is 11.5. The number of alkyl carbamates (subject to hydrolysis) is 1. The highest BCUT2D eigenvalue weighted by Gasteiger charge is 2.38. The number of halogens is 1. The largest absolute Gasteiger partial charge is 0.446 e. The van der Waals surface area contributed by atoms with Crippen molar-refractivity contribution in [3.8, 4) is 0 Å². The molecule has 3 N–H and O–H groups in total. The van der Waals surface area contributed by atoms with Gasteiger partial charge in [-0.3, -0.25) is 9.59 Å². The first-order valence-electron chi connectivity index (χ1n) is 15.0. The molecule has 4 amide bonds. The van der Waals surface area contributed by atoms with Gasteiger partial charge in [0.05, 0.1) is 30.0 Å². The van der Waals surface area contributed by atoms with Crippen molar-refractivity contribution < 1.29 is 37.8 Å². The maximum atomic E-state index is 14.3. The summed E-state index contributed by atoms with van der Waals surface area (Å²) in [5.74, 6) is -1.51. The summed E-state index contributed by atoms with van der Waals surface area (Å²) in [6.07, 6.45) is 0.00226. The number of H-pyrrole nitrogens is 1. The second kappa shape index (κ2) is 15.7. The van der Waals surface area contributed by atoms with Crippen LogP contribution in [-0.4, -0.2) is 92.0 Å². The molecular formula is C32H44FN5O7. The number of ether oxygens (including phenoxy) is 3. The molecule has 1 aliphatic rings. The summed E-state index contributed by atoms with van der Waals surface area (Å²) >= 11 is 0. The summed E-state index contributed by atoms with van der Waals surface area (Å²) in [7, 11) is 0. The molecule has 0 unspecified atom stereocenters. The van der Waals surface area contributed by atoms with Crippen LogP contribution in [0.3, 0.4) is 0 Å². The van der Waals surface area contributed by atoms with Crippen LogP contribution in [0.5, 0.6) is 0 Å². The van der Waals surface area contributed by atoms with Crippen molar-refractivity contribution >= 4 is 41.3 Å². The Morgan fingerprint density at radius 2 is 1.76 bits per heavy atom. The minimum Gasteiger partial charge on any atom is -0.446 e. The van der Waals surface area contributed by atoms with Crippen LogP contribution in [0.25, 0.3) is 11.6 Å². The third-order valence-electron chi connectivity index (χ3n) is 7.07. The molecule has 0 aliphatic carbocycles. The van der Waals surface area contributed by atoms with Gasteiger partial charge in [-0.05, 0) is 77.5 Å². The fraction of sp³-hybridized carbons (Fsp3) is 0.500. The van der Waals surface area contributed by atoms with E-state index >= 15 is 0 Å². The Morgan fingerprint density at radius 3 is 2.42 bits per heavy atom. The number of anilines is 1. The van der Waals surface area contributed by atoms with E-state index < -0.39 is 29.5 Å². The van der Waals surface area contributed by atoms with Gasteiger partial charge < -0.3 is 34.7 Å². The molecule has 2 aromatic rings. The average Bonchev–Trinajstić information content (AvgIpc) is 3.40. The fourth-order valence-electron chi connectivity index (χ4n) is 4.84. The summed E-state index contributed by atoms with van der Waals surface area (Å²) in [6, 6.07) is 3.67. The lowest BCUT2D eigenvalue weighted by Gasteiger charge is -2.19. The molecule has 3 rings (SSSR count). The summed E-state index contributed by atoms with van der Waals surface area (Å²) in [4.78, 5) is 57.4. The van der Waals surface area contributed by atoms with E-state index in [1.807, 2.05) is 0 Å². The Hall–Kier alpha value is -4.23. The minimum absolute atomic E-state index is 0.0173. The topological polar surface area (TPSA) is 142 Å². The van der Waals surface area contributed by atoms with E-state index in [1.54, 1.807) is 34.6 Å². The number of amides is 4. The number of aryl methyl sites for hydroxylation is 1. The molecule has 1 aromatic heterocycles. The normalized spacial score (nSPS) is 13.8. The molecule has 0 fully saturated rings. The summed E-state index contributed by atoms with van der Waals surface area (Å²) in [5, 5.41) is 5.50. The van der Waals surface area contributed by atoms with E-state index in [1.165, 1.54) is 18.2 Å². The van der Waals surface area contributed by atoms with Crippen LogP contribution >= 0.6 is 0 Å². The summed E-state index contributed by atoms with van der Waals surface area (Å²) in [5.41, 5.74) is 2.03. The van der Waals surface area contributed by atoms with E-state index in [-0.39, 0.29) is 49.1 Å². The van der Waals surface area contributed by atoms with Gasteiger partial charge in [-0.15, -0.1) is 0 Å². The van der Waals surface area contributed by atoms with Crippen molar-refractivity contribution in [3.05, 3.63) is 52.1 Å². The number of benzene rings is 1. The molecule has 45 heavy (non-hydrogen) atoms. The quantitative estimate of drug-likeness (QED) is 0.219. The highest BCUT2D eigenvalue weighted by molar-refractivity contribution is 6.41. The van der Waals surface area contributed by atoms with Crippen molar-refractivity contribution in [2.45, 2.75) is 54.1 Å². The van der Waals surface area contributed by atoms with Gasteiger partial charge in [-0.25, -0.2) is 18.9 Å². The Kier molecular flexibility index (Phi) is 12.3. The Morgan fingerprint density at radius 1 is 1.04 bits per heavy atom. The molecule has 13 heteroatoms. The van der Waals surface area contributed by atoms with Gasteiger partial charge >= 0.3 is 12.2 Å². The van der Waals surface area contributed by atoms with Gasteiger partial charge in [0.1, 0.15) is 18.0 Å². The van der Waals surface area contributed by atoms with Crippen LogP contribution in [0, 0.1) is 19.7 Å². The second-order valence-electron chi connectivity index (χ2n) is 11.5. The first kappa shape index (κ1) is 35.3. The van der Waals surface area contributed by atoms with Crippen molar-refractivity contribution in [1.82, 2.24) is 20.5 Å². The Balaban J connectivity index is 1.66. The van der Waals surface area contributed by atoms with Gasteiger partial charge in [0.25, 0.3) is 11.8 Å². The molecule has 0 bridgehead atoms. The lowest BCUT2D eigenvalue weighted by Crippen LogP contribution is -2.35. The molecule has 1 aromatic carbocycles.